The molecule has 0 amide bonds. The number of nitrogens with zero attached hydrogens (tertiary/aromatic N) is 2. The maximum absolute atomic E-state index is 13.2. The average Bonchev–Trinajstić information content (AvgIpc) is 3.23. The predicted octanol–water partition coefficient (Wildman–Crippen LogP) is 2.84. The highest BCUT2D eigenvalue weighted by Crippen LogP contribution is 2.20. The lowest BCUT2D eigenvalue weighted by molar-refractivity contribution is 0.00417. The van der Waals surface area contributed by atoms with Gasteiger partial charge in [-0.3, -0.25) is 4.90 Å². The van der Waals surface area contributed by atoms with Crippen molar-refractivity contribution in [3.05, 3.63) is 65.5 Å². The van der Waals surface area contributed by atoms with Gasteiger partial charge < -0.3 is 19.4 Å². The molecule has 164 valence electrons. The Morgan fingerprint density at radius 1 is 1.32 bits per heavy atom. The molecule has 2 unspecified atom stereocenters. The van der Waals surface area contributed by atoms with Crippen molar-refractivity contribution < 1.29 is 23.8 Å². The van der Waals surface area contributed by atoms with Crippen LogP contribution in [-0.4, -0.2) is 61.3 Å². The zero-order chi connectivity index (χ0) is 22.1. The SMILES string of the molecule is C#CCOCC(O)CN(Cc1cccc(OC)c1)CC1CC(c2ccc(F)cc2)=NO1. The van der Waals surface area contributed by atoms with Crippen LogP contribution in [0.4, 0.5) is 4.39 Å². The van der Waals surface area contributed by atoms with Gasteiger partial charge in [0, 0.05) is 26.1 Å². The summed E-state index contributed by atoms with van der Waals surface area (Å²) in [4.78, 5) is 7.72. The number of aliphatic hydroxyl groups excluding tert-OH is 1. The summed E-state index contributed by atoms with van der Waals surface area (Å²) < 4.78 is 23.8. The van der Waals surface area contributed by atoms with Crippen LogP contribution in [-0.2, 0) is 16.1 Å². The van der Waals surface area contributed by atoms with E-state index >= 15 is 0 Å². The van der Waals surface area contributed by atoms with Crippen LogP contribution in [0.3, 0.4) is 0 Å². The smallest absolute Gasteiger partial charge is 0.145 e. The second-order valence-electron chi connectivity index (χ2n) is 7.40. The molecular formula is C24H27FN2O4. The predicted molar refractivity (Wildman–Crippen MR) is 116 cm³/mol. The van der Waals surface area contributed by atoms with Crippen LogP contribution in [0.15, 0.2) is 53.7 Å². The van der Waals surface area contributed by atoms with Crippen molar-refractivity contribution in [2.45, 2.75) is 25.2 Å². The molecule has 31 heavy (non-hydrogen) atoms. The second kappa shape index (κ2) is 11.5. The Morgan fingerprint density at radius 2 is 2.13 bits per heavy atom. The highest BCUT2D eigenvalue weighted by atomic mass is 19.1. The van der Waals surface area contributed by atoms with Crippen LogP contribution >= 0.6 is 0 Å². The molecule has 1 heterocycles. The largest absolute Gasteiger partial charge is 0.497 e. The Bertz CT molecular complexity index is 911. The summed E-state index contributed by atoms with van der Waals surface area (Å²) in [6.07, 6.45) is 4.92. The van der Waals surface area contributed by atoms with E-state index < -0.39 is 6.10 Å². The summed E-state index contributed by atoms with van der Waals surface area (Å²) in [6.45, 7) is 1.84. The van der Waals surface area contributed by atoms with E-state index in [-0.39, 0.29) is 25.1 Å². The Morgan fingerprint density at radius 3 is 2.87 bits per heavy atom. The molecule has 2 aromatic carbocycles. The zero-order valence-electron chi connectivity index (χ0n) is 17.5. The summed E-state index contributed by atoms with van der Waals surface area (Å²) >= 11 is 0. The molecule has 0 aliphatic carbocycles. The zero-order valence-corrected chi connectivity index (χ0v) is 17.5. The number of hydrogen-bond donors (Lipinski definition) is 1. The van der Waals surface area contributed by atoms with Gasteiger partial charge in [-0.1, -0.05) is 35.3 Å². The number of methoxy groups -OCH3 is 1. The van der Waals surface area contributed by atoms with Crippen LogP contribution in [0.5, 0.6) is 5.75 Å². The Hall–Kier alpha value is -2.92. The van der Waals surface area contributed by atoms with Gasteiger partial charge in [-0.2, -0.15) is 0 Å². The first-order valence-corrected chi connectivity index (χ1v) is 10.1. The fourth-order valence-corrected chi connectivity index (χ4v) is 3.46. The van der Waals surface area contributed by atoms with Crippen molar-refractivity contribution in [1.82, 2.24) is 4.90 Å². The minimum Gasteiger partial charge on any atom is -0.497 e. The number of oxime groups is 1. The van der Waals surface area contributed by atoms with Crippen molar-refractivity contribution in [2.24, 2.45) is 5.16 Å². The number of rotatable bonds is 11. The van der Waals surface area contributed by atoms with E-state index in [2.05, 4.69) is 16.0 Å². The molecule has 0 fully saturated rings. The third-order valence-corrected chi connectivity index (χ3v) is 4.88. The molecule has 0 aromatic heterocycles. The molecule has 0 radical (unpaired) electrons. The van der Waals surface area contributed by atoms with Crippen molar-refractivity contribution in [3.8, 4) is 18.1 Å². The lowest BCUT2D eigenvalue weighted by atomic mass is 10.0. The van der Waals surface area contributed by atoms with Gasteiger partial charge in [0.1, 0.15) is 24.3 Å². The number of benzene rings is 2. The summed E-state index contributed by atoms with van der Waals surface area (Å²) in [7, 11) is 1.63. The maximum Gasteiger partial charge on any atom is 0.145 e. The molecule has 1 aliphatic heterocycles. The molecule has 6 nitrogen and oxygen atoms in total. The molecule has 1 aliphatic rings. The van der Waals surface area contributed by atoms with E-state index in [9.17, 15) is 9.50 Å². The van der Waals surface area contributed by atoms with Crippen LogP contribution in [0, 0.1) is 18.2 Å². The highest BCUT2D eigenvalue weighted by Gasteiger charge is 2.26. The molecule has 1 N–H and O–H groups in total. The molecule has 0 spiro atoms. The number of aliphatic hydroxyl groups is 1. The minimum atomic E-state index is -0.696. The summed E-state index contributed by atoms with van der Waals surface area (Å²) in [6, 6.07) is 14.0. The van der Waals surface area contributed by atoms with Gasteiger partial charge in [-0.05, 0) is 35.4 Å². The molecule has 0 saturated carbocycles. The Kier molecular flexibility index (Phi) is 8.42. The van der Waals surface area contributed by atoms with E-state index in [0.29, 0.717) is 26.1 Å². The van der Waals surface area contributed by atoms with Crippen LogP contribution in [0.25, 0.3) is 0 Å². The number of halogens is 1. The first-order valence-electron chi connectivity index (χ1n) is 10.1. The highest BCUT2D eigenvalue weighted by molar-refractivity contribution is 6.01. The average molecular weight is 426 g/mol. The maximum atomic E-state index is 13.2. The number of terminal acetylenes is 1. The van der Waals surface area contributed by atoms with E-state index in [1.165, 1.54) is 12.1 Å². The summed E-state index contributed by atoms with van der Waals surface area (Å²) in [5, 5.41) is 14.6. The van der Waals surface area contributed by atoms with Crippen LogP contribution < -0.4 is 4.74 Å². The van der Waals surface area contributed by atoms with Crippen molar-refractivity contribution in [1.29, 1.82) is 0 Å². The van der Waals surface area contributed by atoms with E-state index in [4.69, 9.17) is 20.7 Å². The normalized spacial score (nSPS) is 16.5. The molecule has 2 aromatic rings. The van der Waals surface area contributed by atoms with Crippen molar-refractivity contribution in [3.63, 3.8) is 0 Å². The standard InChI is InChI=1S/C24H27FN2O4/c1-3-11-30-17-21(28)15-27(14-18-5-4-6-22(12-18)29-2)16-23-13-24(26-31-23)19-7-9-20(25)10-8-19/h1,4-10,12,21,23,28H,11,13-17H2,2H3. The monoisotopic (exact) mass is 426 g/mol. The molecular weight excluding hydrogens is 399 g/mol. The van der Waals surface area contributed by atoms with Gasteiger partial charge in [0.2, 0.25) is 0 Å². The fraction of sp³-hybridized carbons (Fsp3) is 0.375. The first-order chi connectivity index (χ1) is 15.1. The lowest BCUT2D eigenvalue weighted by Gasteiger charge is -2.27. The minimum absolute atomic E-state index is 0.154. The van der Waals surface area contributed by atoms with Gasteiger partial charge in [0.15, 0.2) is 0 Å². The van der Waals surface area contributed by atoms with Crippen LogP contribution in [0.2, 0.25) is 0 Å². The fourth-order valence-electron chi connectivity index (χ4n) is 3.46. The van der Waals surface area contributed by atoms with Gasteiger partial charge in [0.25, 0.3) is 0 Å². The summed E-state index contributed by atoms with van der Waals surface area (Å²) in [5.74, 6) is 2.88. The third kappa shape index (κ3) is 7.07. The number of ether oxygens (including phenoxy) is 2. The lowest BCUT2D eigenvalue weighted by Crippen LogP contribution is -2.39. The van der Waals surface area contributed by atoms with Gasteiger partial charge in [0.05, 0.1) is 25.5 Å². The molecule has 0 bridgehead atoms. The van der Waals surface area contributed by atoms with Crippen LogP contribution in [0.1, 0.15) is 17.5 Å². The topological polar surface area (TPSA) is 63.5 Å². The van der Waals surface area contributed by atoms with E-state index in [1.807, 2.05) is 24.3 Å². The first kappa shape index (κ1) is 22.8. The van der Waals surface area contributed by atoms with Gasteiger partial charge >= 0.3 is 0 Å². The third-order valence-electron chi connectivity index (χ3n) is 4.88. The van der Waals surface area contributed by atoms with E-state index in [0.717, 1.165) is 22.6 Å². The molecule has 2 atom stereocenters. The molecule has 0 saturated heterocycles. The second-order valence-corrected chi connectivity index (χ2v) is 7.40. The van der Waals surface area contributed by atoms with Crippen molar-refractivity contribution >= 4 is 5.71 Å². The van der Waals surface area contributed by atoms with Gasteiger partial charge in [-0.25, -0.2) is 4.39 Å². The molecule has 3 rings (SSSR count). The van der Waals surface area contributed by atoms with E-state index in [1.54, 1.807) is 19.2 Å². The van der Waals surface area contributed by atoms with Gasteiger partial charge in [-0.15, -0.1) is 6.42 Å². The molecule has 7 heteroatoms. The Balaban J connectivity index is 1.63. The Labute approximate surface area is 182 Å². The van der Waals surface area contributed by atoms with Crippen molar-refractivity contribution in [2.75, 3.05) is 33.4 Å². The number of hydrogen-bond acceptors (Lipinski definition) is 6. The summed E-state index contributed by atoms with van der Waals surface area (Å²) in [5.41, 5.74) is 2.67. The quantitative estimate of drug-likeness (QED) is 0.442.